The Hall–Kier alpha value is -2.54. The normalized spacial score (nSPS) is 11.7. The summed E-state index contributed by atoms with van der Waals surface area (Å²) in [6.07, 6.45) is 0. The molecular formula is C20H26N2O4S. The van der Waals surface area contributed by atoms with Gasteiger partial charge in [-0.05, 0) is 70.5 Å². The molecule has 0 radical (unpaired) electrons. The van der Waals surface area contributed by atoms with Crippen molar-refractivity contribution in [2.45, 2.75) is 45.1 Å². The van der Waals surface area contributed by atoms with Crippen LogP contribution in [0.25, 0.3) is 0 Å². The van der Waals surface area contributed by atoms with Crippen molar-refractivity contribution in [2.75, 3.05) is 11.3 Å². The lowest BCUT2D eigenvalue weighted by Crippen LogP contribution is -2.43. The van der Waals surface area contributed by atoms with Crippen LogP contribution in [0, 0.1) is 13.8 Å². The second-order valence-corrected chi connectivity index (χ2v) is 9.17. The summed E-state index contributed by atoms with van der Waals surface area (Å²) in [4.78, 5) is 12.0. The maximum Gasteiger partial charge on any atom is 0.261 e. The van der Waals surface area contributed by atoms with E-state index in [9.17, 15) is 13.2 Å². The van der Waals surface area contributed by atoms with Crippen molar-refractivity contribution < 1.29 is 17.9 Å². The maximum absolute atomic E-state index is 12.6. The molecular weight excluding hydrogens is 364 g/mol. The number of carbonyl (C=O) groups is 1. The predicted molar refractivity (Wildman–Crippen MR) is 107 cm³/mol. The minimum atomic E-state index is -3.71. The van der Waals surface area contributed by atoms with E-state index in [1.54, 1.807) is 25.1 Å². The summed E-state index contributed by atoms with van der Waals surface area (Å²) < 4.78 is 33.2. The fraction of sp³-hybridized carbons (Fsp3) is 0.350. The van der Waals surface area contributed by atoms with Gasteiger partial charge in [0, 0.05) is 11.2 Å². The minimum Gasteiger partial charge on any atom is -0.484 e. The Morgan fingerprint density at radius 2 is 1.67 bits per heavy atom. The third-order valence-electron chi connectivity index (χ3n) is 3.63. The Morgan fingerprint density at radius 1 is 1.04 bits per heavy atom. The molecule has 0 fully saturated rings. The second kappa shape index (κ2) is 8.00. The number of nitrogens with one attached hydrogen (secondary N) is 2. The zero-order valence-electron chi connectivity index (χ0n) is 16.3. The number of rotatable bonds is 6. The van der Waals surface area contributed by atoms with E-state index in [-0.39, 0.29) is 22.9 Å². The second-order valence-electron chi connectivity index (χ2n) is 7.49. The molecule has 2 rings (SSSR count). The number of amides is 1. The first-order valence-electron chi connectivity index (χ1n) is 8.60. The number of aryl methyl sites for hydroxylation is 2. The zero-order chi connectivity index (χ0) is 20.2. The van der Waals surface area contributed by atoms with Gasteiger partial charge in [0.1, 0.15) is 5.75 Å². The summed E-state index contributed by atoms with van der Waals surface area (Å²) >= 11 is 0. The van der Waals surface area contributed by atoms with Crippen LogP contribution in [0.15, 0.2) is 47.4 Å². The van der Waals surface area contributed by atoms with Gasteiger partial charge in [-0.15, -0.1) is 0 Å². The zero-order valence-corrected chi connectivity index (χ0v) is 17.1. The number of hydrogen-bond acceptors (Lipinski definition) is 4. The molecule has 0 atom stereocenters. The lowest BCUT2D eigenvalue weighted by atomic mass is 10.1. The molecule has 0 aliphatic heterocycles. The van der Waals surface area contributed by atoms with Gasteiger partial charge in [-0.25, -0.2) is 8.42 Å². The molecule has 2 aromatic rings. The first kappa shape index (κ1) is 20.8. The summed E-state index contributed by atoms with van der Waals surface area (Å²) in [5.41, 5.74) is 1.84. The van der Waals surface area contributed by atoms with E-state index in [1.807, 2.05) is 39.8 Å². The molecule has 6 nitrogen and oxygen atoms in total. The summed E-state index contributed by atoms with van der Waals surface area (Å²) in [5, 5.41) is 2.81. The number of anilines is 1. The van der Waals surface area contributed by atoms with Gasteiger partial charge in [0.05, 0.1) is 4.90 Å². The average Bonchev–Trinajstić information content (AvgIpc) is 2.54. The van der Waals surface area contributed by atoms with E-state index in [0.717, 1.165) is 5.56 Å². The highest BCUT2D eigenvalue weighted by molar-refractivity contribution is 7.92. The molecule has 7 heteroatoms. The van der Waals surface area contributed by atoms with Crippen molar-refractivity contribution in [1.29, 1.82) is 0 Å². The molecule has 0 aromatic heterocycles. The number of ether oxygens (including phenoxy) is 1. The summed E-state index contributed by atoms with van der Waals surface area (Å²) in [6, 6.07) is 11.6. The Morgan fingerprint density at radius 3 is 2.22 bits per heavy atom. The predicted octanol–water partition coefficient (Wildman–Crippen LogP) is 3.40. The lowest BCUT2D eigenvalue weighted by molar-refractivity contribution is -0.124. The van der Waals surface area contributed by atoms with Crippen LogP contribution in [0.5, 0.6) is 5.75 Å². The topological polar surface area (TPSA) is 84.5 Å². The number of hydrogen-bond donors (Lipinski definition) is 2. The molecule has 146 valence electrons. The van der Waals surface area contributed by atoms with Gasteiger partial charge < -0.3 is 10.1 Å². The third kappa shape index (κ3) is 6.29. The van der Waals surface area contributed by atoms with Crippen LogP contribution >= 0.6 is 0 Å². The van der Waals surface area contributed by atoms with E-state index in [1.165, 1.54) is 12.1 Å². The molecule has 27 heavy (non-hydrogen) atoms. The van der Waals surface area contributed by atoms with Crippen LogP contribution in [0.1, 0.15) is 31.9 Å². The molecule has 0 saturated heterocycles. The highest BCUT2D eigenvalue weighted by Crippen LogP contribution is 2.23. The van der Waals surface area contributed by atoms with E-state index in [4.69, 9.17) is 4.74 Å². The van der Waals surface area contributed by atoms with Crippen LogP contribution in [0.4, 0.5) is 5.69 Å². The van der Waals surface area contributed by atoms with Crippen molar-refractivity contribution in [3.05, 3.63) is 53.6 Å². The molecule has 0 saturated carbocycles. The molecule has 2 N–H and O–H groups in total. The Kier molecular flexibility index (Phi) is 6.15. The highest BCUT2D eigenvalue weighted by Gasteiger charge is 2.17. The van der Waals surface area contributed by atoms with Gasteiger partial charge >= 0.3 is 0 Å². The molecule has 0 heterocycles. The number of benzene rings is 2. The number of sulfonamides is 1. The standard InChI is InChI=1S/C20H26N2O4S/c1-14-6-8-16(9-7-14)22-27(24,25)17-10-11-18(15(2)12-17)26-13-19(23)21-20(3,4)5/h6-12,22H,13H2,1-5H3,(H,21,23). The van der Waals surface area contributed by atoms with Crippen molar-refractivity contribution >= 4 is 21.6 Å². The van der Waals surface area contributed by atoms with Gasteiger partial charge in [0.25, 0.3) is 15.9 Å². The molecule has 0 aliphatic carbocycles. The molecule has 1 amide bonds. The van der Waals surface area contributed by atoms with Crippen molar-refractivity contribution in [2.24, 2.45) is 0 Å². The quantitative estimate of drug-likeness (QED) is 0.792. The SMILES string of the molecule is Cc1ccc(NS(=O)(=O)c2ccc(OCC(=O)NC(C)(C)C)c(C)c2)cc1. The fourth-order valence-corrected chi connectivity index (χ4v) is 3.53. The smallest absolute Gasteiger partial charge is 0.261 e. The van der Waals surface area contributed by atoms with Gasteiger partial charge in [0.15, 0.2) is 6.61 Å². The van der Waals surface area contributed by atoms with Crippen LogP contribution < -0.4 is 14.8 Å². The fourth-order valence-electron chi connectivity index (χ4n) is 2.38. The largest absolute Gasteiger partial charge is 0.484 e. The van der Waals surface area contributed by atoms with E-state index >= 15 is 0 Å². The maximum atomic E-state index is 12.6. The first-order valence-corrected chi connectivity index (χ1v) is 10.1. The van der Waals surface area contributed by atoms with Crippen LogP contribution in [0.2, 0.25) is 0 Å². The van der Waals surface area contributed by atoms with Crippen molar-refractivity contribution in [3.8, 4) is 5.75 Å². The summed E-state index contributed by atoms with van der Waals surface area (Å²) in [7, 11) is -3.71. The number of carbonyl (C=O) groups excluding carboxylic acids is 1. The molecule has 0 spiro atoms. The Labute approximate surface area is 161 Å². The van der Waals surface area contributed by atoms with Gasteiger partial charge in [-0.2, -0.15) is 0 Å². The highest BCUT2D eigenvalue weighted by atomic mass is 32.2. The lowest BCUT2D eigenvalue weighted by Gasteiger charge is -2.20. The molecule has 2 aromatic carbocycles. The summed E-state index contributed by atoms with van der Waals surface area (Å²) in [6.45, 7) is 9.19. The first-order chi connectivity index (χ1) is 12.5. The van der Waals surface area contributed by atoms with E-state index in [2.05, 4.69) is 10.0 Å². The molecule has 0 bridgehead atoms. The van der Waals surface area contributed by atoms with Crippen LogP contribution in [-0.2, 0) is 14.8 Å². The average molecular weight is 391 g/mol. The summed E-state index contributed by atoms with van der Waals surface area (Å²) in [5.74, 6) is 0.230. The minimum absolute atomic E-state index is 0.132. The van der Waals surface area contributed by atoms with Gasteiger partial charge in [-0.1, -0.05) is 17.7 Å². The monoisotopic (exact) mass is 390 g/mol. The molecule has 0 unspecified atom stereocenters. The van der Waals surface area contributed by atoms with Crippen LogP contribution in [-0.4, -0.2) is 26.5 Å². The van der Waals surface area contributed by atoms with Crippen molar-refractivity contribution in [3.63, 3.8) is 0 Å². The van der Waals surface area contributed by atoms with Gasteiger partial charge in [0.2, 0.25) is 0 Å². The van der Waals surface area contributed by atoms with Crippen LogP contribution in [0.3, 0.4) is 0 Å². The Balaban J connectivity index is 2.08. The van der Waals surface area contributed by atoms with Gasteiger partial charge in [-0.3, -0.25) is 9.52 Å². The van der Waals surface area contributed by atoms with E-state index < -0.39 is 10.0 Å². The van der Waals surface area contributed by atoms with Crippen molar-refractivity contribution in [1.82, 2.24) is 5.32 Å². The van der Waals surface area contributed by atoms with E-state index in [0.29, 0.717) is 17.0 Å². The third-order valence-corrected chi connectivity index (χ3v) is 5.01. The Bertz CT molecular complexity index is 914. The molecule has 0 aliphatic rings.